The van der Waals surface area contributed by atoms with Gasteiger partial charge >= 0.3 is 11.7 Å². The number of nitrogens with one attached hydrogen (secondary N) is 1. The molecule has 1 heterocycles. The molecule has 0 radical (unpaired) electrons. The highest BCUT2D eigenvalue weighted by atomic mass is 16.4. The molecule has 29 heavy (non-hydrogen) atoms. The molecule has 152 valence electrons. The molecule has 1 aromatic heterocycles. The number of fused-ring (bicyclic) bond motifs is 1. The Morgan fingerprint density at radius 2 is 1.66 bits per heavy atom. The predicted molar refractivity (Wildman–Crippen MR) is 112 cm³/mol. The van der Waals surface area contributed by atoms with Gasteiger partial charge in [-0.3, -0.25) is 18.7 Å². The van der Waals surface area contributed by atoms with E-state index in [1.807, 2.05) is 37.3 Å². The Morgan fingerprint density at radius 1 is 0.966 bits per heavy atom. The van der Waals surface area contributed by atoms with Crippen molar-refractivity contribution in [1.82, 2.24) is 9.13 Å². The van der Waals surface area contributed by atoms with Crippen molar-refractivity contribution < 1.29 is 14.7 Å². The Kier molecular flexibility index (Phi) is 6.49. The lowest BCUT2D eigenvalue weighted by Crippen LogP contribution is -2.26. The van der Waals surface area contributed by atoms with Crippen LogP contribution < -0.4 is 11.0 Å². The highest BCUT2D eigenvalue weighted by molar-refractivity contribution is 5.90. The van der Waals surface area contributed by atoms with Crippen LogP contribution in [0.3, 0.4) is 0 Å². The molecule has 0 saturated heterocycles. The topological polar surface area (TPSA) is 93.3 Å². The summed E-state index contributed by atoms with van der Waals surface area (Å²) < 4.78 is 3.40. The molecule has 0 aliphatic rings. The number of aromatic nitrogens is 2. The number of nitrogens with zero attached hydrogens (tertiary/aromatic N) is 2. The van der Waals surface area contributed by atoms with E-state index in [1.54, 1.807) is 27.3 Å². The third kappa shape index (κ3) is 4.93. The molecule has 3 aromatic rings. The molecular weight excluding hydrogens is 370 g/mol. The Balaban J connectivity index is 1.69. The van der Waals surface area contributed by atoms with Crippen molar-refractivity contribution in [3.63, 3.8) is 0 Å². The highest BCUT2D eigenvalue weighted by Crippen LogP contribution is 2.15. The van der Waals surface area contributed by atoms with E-state index in [-0.39, 0.29) is 24.4 Å². The van der Waals surface area contributed by atoms with Crippen LogP contribution in [0.15, 0.2) is 53.3 Å². The Morgan fingerprint density at radius 3 is 2.31 bits per heavy atom. The number of hydrogen-bond acceptors (Lipinski definition) is 3. The summed E-state index contributed by atoms with van der Waals surface area (Å²) in [4.78, 5) is 35.9. The molecule has 0 aliphatic heterocycles. The van der Waals surface area contributed by atoms with Crippen molar-refractivity contribution in [3.8, 4) is 0 Å². The molecule has 7 heteroatoms. The fraction of sp³-hybridized carbons (Fsp3) is 0.318. The van der Waals surface area contributed by atoms with Crippen LogP contribution >= 0.6 is 0 Å². The van der Waals surface area contributed by atoms with Gasteiger partial charge in [0.15, 0.2) is 0 Å². The summed E-state index contributed by atoms with van der Waals surface area (Å²) in [6.07, 6.45) is 1.47. The lowest BCUT2D eigenvalue weighted by molar-refractivity contribution is -0.137. The molecule has 7 nitrogen and oxygen atoms in total. The van der Waals surface area contributed by atoms with Crippen LogP contribution in [0.4, 0.5) is 5.69 Å². The number of amides is 1. The zero-order chi connectivity index (χ0) is 20.8. The second kappa shape index (κ2) is 9.23. The van der Waals surface area contributed by atoms with E-state index >= 15 is 0 Å². The first-order valence-electron chi connectivity index (χ1n) is 9.78. The van der Waals surface area contributed by atoms with Crippen molar-refractivity contribution in [2.24, 2.45) is 0 Å². The number of imidazole rings is 1. The van der Waals surface area contributed by atoms with Crippen LogP contribution in [0.5, 0.6) is 0 Å². The minimum absolute atomic E-state index is 0.0438. The fourth-order valence-corrected chi connectivity index (χ4v) is 3.42. The van der Waals surface area contributed by atoms with E-state index in [0.717, 1.165) is 23.0 Å². The van der Waals surface area contributed by atoms with Crippen LogP contribution in [0.25, 0.3) is 11.0 Å². The number of hydrogen-bond donors (Lipinski definition) is 2. The van der Waals surface area contributed by atoms with Crippen molar-refractivity contribution >= 4 is 28.6 Å². The van der Waals surface area contributed by atoms with E-state index in [0.29, 0.717) is 25.2 Å². The largest absolute Gasteiger partial charge is 0.481 e. The molecular formula is C22H25N3O4. The SMILES string of the molecule is CCCn1c(=O)n(CCC(=O)Nc2cccc(CCC(=O)O)c2)c2ccccc21. The molecule has 0 unspecified atom stereocenters. The molecule has 0 bridgehead atoms. The van der Waals surface area contributed by atoms with Crippen molar-refractivity contribution in [3.05, 3.63) is 64.6 Å². The minimum atomic E-state index is -0.855. The number of rotatable bonds is 9. The number of carbonyl (C=O) groups excluding carboxylic acids is 1. The standard InChI is InChI=1S/C22H25N3O4/c1-2-13-24-18-8-3-4-9-19(18)25(22(24)29)14-12-20(26)23-17-7-5-6-16(15-17)10-11-21(27)28/h3-9,15H,2,10-14H2,1H3,(H,23,26)(H,27,28). The van der Waals surface area contributed by atoms with E-state index in [4.69, 9.17) is 5.11 Å². The number of anilines is 1. The molecule has 0 saturated carbocycles. The van der Waals surface area contributed by atoms with Crippen LogP contribution in [0.2, 0.25) is 0 Å². The second-order valence-corrected chi connectivity index (χ2v) is 6.97. The van der Waals surface area contributed by atoms with Crippen molar-refractivity contribution in [1.29, 1.82) is 0 Å². The van der Waals surface area contributed by atoms with Gasteiger partial charge in [0, 0.05) is 31.6 Å². The van der Waals surface area contributed by atoms with Crippen LogP contribution in [0, 0.1) is 0 Å². The summed E-state index contributed by atoms with van der Waals surface area (Å²) in [5.74, 6) is -1.05. The summed E-state index contributed by atoms with van der Waals surface area (Å²) in [6.45, 7) is 2.96. The van der Waals surface area contributed by atoms with Crippen molar-refractivity contribution in [2.75, 3.05) is 5.32 Å². The highest BCUT2D eigenvalue weighted by Gasteiger charge is 2.13. The smallest absolute Gasteiger partial charge is 0.329 e. The number of benzene rings is 2. The van der Waals surface area contributed by atoms with Crippen LogP contribution in [0.1, 0.15) is 31.7 Å². The van der Waals surface area contributed by atoms with Crippen LogP contribution in [-0.4, -0.2) is 26.1 Å². The molecule has 2 aromatic carbocycles. The number of aryl methyl sites for hydroxylation is 3. The summed E-state index contributed by atoms with van der Waals surface area (Å²) in [5, 5.41) is 11.6. The third-order valence-corrected chi connectivity index (χ3v) is 4.77. The van der Waals surface area contributed by atoms with Gasteiger partial charge in [-0.25, -0.2) is 4.79 Å². The Bertz CT molecular complexity index is 1080. The van der Waals surface area contributed by atoms with Gasteiger partial charge in [0.1, 0.15) is 0 Å². The van der Waals surface area contributed by atoms with Gasteiger partial charge in [-0.2, -0.15) is 0 Å². The third-order valence-electron chi connectivity index (χ3n) is 4.77. The fourth-order valence-electron chi connectivity index (χ4n) is 3.42. The zero-order valence-electron chi connectivity index (χ0n) is 16.4. The van der Waals surface area contributed by atoms with Gasteiger partial charge < -0.3 is 10.4 Å². The number of para-hydroxylation sites is 2. The maximum atomic E-state index is 12.8. The van der Waals surface area contributed by atoms with Gasteiger partial charge in [-0.1, -0.05) is 31.2 Å². The lowest BCUT2D eigenvalue weighted by atomic mass is 10.1. The van der Waals surface area contributed by atoms with Gasteiger partial charge in [0.25, 0.3) is 0 Å². The minimum Gasteiger partial charge on any atom is -0.481 e. The number of carboxylic acid groups (broad SMARTS) is 1. The number of aliphatic carboxylic acids is 1. The first-order chi connectivity index (χ1) is 14.0. The van der Waals surface area contributed by atoms with Gasteiger partial charge in [-0.15, -0.1) is 0 Å². The maximum absolute atomic E-state index is 12.8. The van der Waals surface area contributed by atoms with E-state index < -0.39 is 5.97 Å². The monoisotopic (exact) mass is 395 g/mol. The zero-order valence-corrected chi connectivity index (χ0v) is 16.4. The first kappa shape index (κ1) is 20.4. The Hall–Kier alpha value is -3.35. The van der Waals surface area contributed by atoms with Gasteiger partial charge in [0.2, 0.25) is 5.91 Å². The first-order valence-corrected chi connectivity index (χ1v) is 9.78. The van der Waals surface area contributed by atoms with Gasteiger partial charge in [-0.05, 0) is 42.7 Å². The molecule has 1 amide bonds. The van der Waals surface area contributed by atoms with E-state index in [2.05, 4.69) is 5.32 Å². The van der Waals surface area contributed by atoms with E-state index in [9.17, 15) is 14.4 Å². The molecule has 3 rings (SSSR count). The molecule has 0 aliphatic carbocycles. The molecule has 0 spiro atoms. The summed E-state index contributed by atoms with van der Waals surface area (Å²) in [5.41, 5.74) is 3.08. The number of carboxylic acids is 1. The normalized spacial score (nSPS) is 10.9. The van der Waals surface area contributed by atoms with Crippen LogP contribution in [-0.2, 0) is 29.1 Å². The van der Waals surface area contributed by atoms with Crippen molar-refractivity contribution in [2.45, 2.75) is 45.7 Å². The summed E-state index contributed by atoms with van der Waals surface area (Å²) >= 11 is 0. The molecule has 0 fully saturated rings. The molecule has 2 N–H and O–H groups in total. The van der Waals surface area contributed by atoms with E-state index in [1.165, 1.54) is 0 Å². The average Bonchev–Trinajstić information content (AvgIpc) is 2.97. The lowest BCUT2D eigenvalue weighted by Gasteiger charge is -2.08. The summed E-state index contributed by atoms with van der Waals surface area (Å²) in [7, 11) is 0. The summed E-state index contributed by atoms with van der Waals surface area (Å²) in [6, 6.07) is 14.8. The maximum Gasteiger partial charge on any atom is 0.329 e. The average molecular weight is 395 g/mol. The molecule has 0 atom stereocenters. The second-order valence-electron chi connectivity index (χ2n) is 6.97. The van der Waals surface area contributed by atoms with Gasteiger partial charge in [0.05, 0.1) is 11.0 Å². The number of carbonyl (C=O) groups is 2. The quantitative estimate of drug-likeness (QED) is 0.582. The predicted octanol–water partition coefficient (Wildman–Crippen LogP) is 3.26. The Labute approximate surface area is 168 Å².